The molecule has 0 radical (unpaired) electrons. The van der Waals surface area contributed by atoms with E-state index >= 15 is 0 Å². The smallest absolute Gasteiger partial charge is 0.309 e. The first-order valence-corrected chi connectivity index (χ1v) is 13.8. The van der Waals surface area contributed by atoms with E-state index in [4.69, 9.17) is 9.47 Å². The first-order valence-electron chi connectivity index (χ1n) is 13.8. The lowest BCUT2D eigenvalue weighted by Crippen LogP contribution is -2.60. The van der Waals surface area contributed by atoms with Crippen LogP contribution in [0.3, 0.4) is 0 Å². The van der Waals surface area contributed by atoms with Gasteiger partial charge in [0.15, 0.2) is 18.0 Å². The molecule has 4 aliphatic rings. The summed E-state index contributed by atoms with van der Waals surface area (Å²) in [5.74, 6) is 0.136. The summed E-state index contributed by atoms with van der Waals surface area (Å²) in [5.41, 5.74) is -0.656. The first-order chi connectivity index (χ1) is 17.0. The summed E-state index contributed by atoms with van der Waals surface area (Å²) < 4.78 is 11.3. The van der Waals surface area contributed by atoms with Crippen LogP contribution in [0.5, 0.6) is 0 Å². The molecule has 0 aromatic rings. The summed E-state index contributed by atoms with van der Waals surface area (Å²) in [6.45, 7) is 7.75. The minimum Gasteiger partial charge on any atom is -0.457 e. The predicted molar refractivity (Wildman–Crippen MR) is 133 cm³/mol. The van der Waals surface area contributed by atoms with Crippen LogP contribution in [0.25, 0.3) is 0 Å². The van der Waals surface area contributed by atoms with Gasteiger partial charge in [0.05, 0.1) is 13.0 Å². The fourth-order valence-corrected chi connectivity index (χ4v) is 8.54. The normalized spacial score (nSPS) is 39.4. The molecule has 3 fully saturated rings. The predicted octanol–water partition coefficient (Wildman–Crippen LogP) is 4.34. The highest BCUT2D eigenvalue weighted by atomic mass is 16.6. The third kappa shape index (κ3) is 4.25. The monoisotopic (exact) mass is 502 g/mol. The number of carbonyl (C=O) groups excluding carboxylic acids is 4. The number of ketones is 2. The van der Waals surface area contributed by atoms with Crippen LogP contribution < -0.4 is 0 Å². The molecule has 0 aliphatic heterocycles. The van der Waals surface area contributed by atoms with E-state index in [1.54, 1.807) is 0 Å². The van der Waals surface area contributed by atoms with Crippen molar-refractivity contribution >= 4 is 23.5 Å². The van der Waals surface area contributed by atoms with Crippen LogP contribution in [0.1, 0.15) is 91.9 Å². The number of ether oxygens (including phenoxy) is 2. The molecule has 7 heteroatoms. The third-order valence-electron chi connectivity index (χ3n) is 10.3. The van der Waals surface area contributed by atoms with Crippen LogP contribution >= 0.6 is 0 Å². The standard InChI is InChI=1S/C29H42O7/c1-5-6-25(33)35-17-24(32)29(36-26(34)10-14-30)13-9-22-20-15-18(2)23-16-19(31)7-11-27(23,3)21(20)8-12-28(22,29)4/h16,18,20-22,30H,5-15,17H2,1-4H3/t18-,20+,21-,22-,27+,28-,29-/m0/s1. The number of aliphatic hydroxyl groups excluding tert-OH is 1. The zero-order chi connectivity index (χ0) is 26.3. The highest BCUT2D eigenvalue weighted by Crippen LogP contribution is 2.69. The average molecular weight is 503 g/mol. The van der Waals surface area contributed by atoms with E-state index in [1.165, 1.54) is 5.57 Å². The molecular weight excluding hydrogens is 460 g/mol. The molecule has 0 amide bonds. The lowest BCUT2D eigenvalue weighted by atomic mass is 9.44. The molecule has 1 N–H and O–H groups in total. The van der Waals surface area contributed by atoms with Gasteiger partial charge in [-0.25, -0.2) is 0 Å². The number of hydrogen-bond acceptors (Lipinski definition) is 7. The molecule has 0 aromatic heterocycles. The van der Waals surface area contributed by atoms with E-state index in [2.05, 4.69) is 20.8 Å². The van der Waals surface area contributed by atoms with E-state index < -0.39 is 29.6 Å². The number of carbonyl (C=O) groups is 4. The second-order valence-electron chi connectivity index (χ2n) is 12.1. The Bertz CT molecular complexity index is 953. The Morgan fingerprint density at radius 2 is 1.78 bits per heavy atom. The van der Waals surface area contributed by atoms with Gasteiger partial charge >= 0.3 is 11.9 Å². The fraction of sp³-hybridized carbons (Fsp3) is 0.793. The molecule has 4 rings (SSSR count). The number of fused-ring (bicyclic) bond motifs is 5. The summed E-state index contributed by atoms with van der Waals surface area (Å²) in [4.78, 5) is 50.7. The van der Waals surface area contributed by atoms with E-state index in [9.17, 15) is 24.3 Å². The summed E-state index contributed by atoms with van der Waals surface area (Å²) >= 11 is 0. The van der Waals surface area contributed by atoms with Crippen molar-refractivity contribution in [3.8, 4) is 0 Å². The van der Waals surface area contributed by atoms with Crippen LogP contribution in [0.2, 0.25) is 0 Å². The molecule has 0 bridgehead atoms. The van der Waals surface area contributed by atoms with E-state index in [-0.39, 0.29) is 42.3 Å². The van der Waals surface area contributed by atoms with Gasteiger partial charge in [0.1, 0.15) is 0 Å². The van der Waals surface area contributed by atoms with Gasteiger partial charge in [0, 0.05) is 18.3 Å². The molecule has 0 aromatic carbocycles. The molecule has 0 saturated heterocycles. The molecule has 36 heavy (non-hydrogen) atoms. The van der Waals surface area contributed by atoms with Gasteiger partial charge in [-0.15, -0.1) is 0 Å². The Morgan fingerprint density at radius 1 is 1.06 bits per heavy atom. The fourth-order valence-electron chi connectivity index (χ4n) is 8.54. The van der Waals surface area contributed by atoms with Crippen LogP contribution in [-0.2, 0) is 28.7 Å². The summed E-state index contributed by atoms with van der Waals surface area (Å²) in [6.07, 6.45) is 7.81. The molecule has 7 atom stereocenters. The SMILES string of the molecule is CCCC(=O)OCC(=O)[C@@]1(OC(=O)CCO)CC[C@H]2[C@@H]3C[C@H](C)C4=CC(=O)CC[C@]4(C)[C@H]3CC[C@@]21C. The second kappa shape index (κ2) is 10.0. The highest BCUT2D eigenvalue weighted by Gasteiger charge is 2.69. The van der Waals surface area contributed by atoms with Crippen LogP contribution in [-0.4, -0.2) is 47.4 Å². The molecule has 3 saturated carbocycles. The van der Waals surface area contributed by atoms with Crippen LogP contribution in [0.4, 0.5) is 0 Å². The Labute approximate surface area is 214 Å². The number of allylic oxidation sites excluding steroid dienone is 1. The topological polar surface area (TPSA) is 107 Å². The van der Waals surface area contributed by atoms with Gasteiger partial charge in [0.2, 0.25) is 5.78 Å². The van der Waals surface area contributed by atoms with Crippen molar-refractivity contribution in [2.45, 2.75) is 97.5 Å². The maximum atomic E-state index is 13.8. The van der Waals surface area contributed by atoms with Gasteiger partial charge in [-0.3, -0.25) is 19.2 Å². The highest BCUT2D eigenvalue weighted by molar-refractivity contribution is 5.93. The largest absolute Gasteiger partial charge is 0.457 e. The lowest BCUT2D eigenvalue weighted by Gasteiger charge is -2.60. The number of aliphatic hydroxyl groups is 1. The third-order valence-corrected chi connectivity index (χ3v) is 10.3. The van der Waals surface area contributed by atoms with Crippen molar-refractivity contribution in [1.82, 2.24) is 0 Å². The molecule has 0 unspecified atom stereocenters. The van der Waals surface area contributed by atoms with E-state index in [0.29, 0.717) is 37.0 Å². The maximum Gasteiger partial charge on any atom is 0.309 e. The quantitative estimate of drug-likeness (QED) is 0.492. The van der Waals surface area contributed by atoms with Gasteiger partial charge < -0.3 is 14.6 Å². The number of hydrogen-bond donors (Lipinski definition) is 1. The molecular formula is C29H42O7. The van der Waals surface area contributed by atoms with Crippen molar-refractivity contribution in [2.24, 2.45) is 34.5 Å². The lowest BCUT2D eigenvalue weighted by molar-refractivity contribution is -0.193. The molecule has 0 spiro atoms. The Balaban J connectivity index is 1.66. The molecule has 0 heterocycles. The van der Waals surface area contributed by atoms with Crippen molar-refractivity contribution in [3.63, 3.8) is 0 Å². The van der Waals surface area contributed by atoms with Gasteiger partial charge in [-0.1, -0.05) is 33.3 Å². The molecule has 200 valence electrons. The summed E-state index contributed by atoms with van der Waals surface area (Å²) in [5, 5.41) is 9.32. The Hall–Kier alpha value is -2.02. The minimum absolute atomic E-state index is 0.0178. The maximum absolute atomic E-state index is 13.8. The van der Waals surface area contributed by atoms with E-state index in [0.717, 1.165) is 32.1 Å². The van der Waals surface area contributed by atoms with Gasteiger partial charge in [-0.2, -0.15) is 0 Å². The van der Waals surface area contributed by atoms with Gasteiger partial charge in [0.25, 0.3) is 0 Å². The summed E-state index contributed by atoms with van der Waals surface area (Å²) in [7, 11) is 0. The van der Waals surface area contributed by atoms with Crippen LogP contribution in [0, 0.1) is 34.5 Å². The zero-order valence-electron chi connectivity index (χ0n) is 22.3. The second-order valence-corrected chi connectivity index (χ2v) is 12.1. The Morgan fingerprint density at radius 3 is 2.47 bits per heavy atom. The number of rotatable bonds is 8. The minimum atomic E-state index is -1.36. The van der Waals surface area contributed by atoms with Crippen molar-refractivity contribution in [3.05, 3.63) is 11.6 Å². The Kier molecular flexibility index (Phi) is 7.53. The first kappa shape index (κ1) is 27.0. The average Bonchev–Trinajstić information content (AvgIpc) is 3.12. The van der Waals surface area contributed by atoms with Gasteiger partial charge in [-0.05, 0) is 80.1 Å². The molecule has 4 aliphatic carbocycles. The van der Waals surface area contributed by atoms with Crippen molar-refractivity contribution < 1.29 is 33.8 Å². The van der Waals surface area contributed by atoms with Crippen molar-refractivity contribution in [1.29, 1.82) is 0 Å². The zero-order valence-corrected chi connectivity index (χ0v) is 22.3. The number of esters is 2. The number of Topliss-reactive ketones (excluding diaryl/α,β-unsaturated/α-hetero) is 1. The van der Waals surface area contributed by atoms with E-state index in [1.807, 2.05) is 13.0 Å². The van der Waals surface area contributed by atoms with Crippen molar-refractivity contribution in [2.75, 3.05) is 13.2 Å². The molecule has 7 nitrogen and oxygen atoms in total. The van der Waals surface area contributed by atoms with Crippen LogP contribution in [0.15, 0.2) is 11.6 Å². The summed E-state index contributed by atoms with van der Waals surface area (Å²) in [6, 6.07) is 0.